The Morgan fingerprint density at radius 1 is 1.15 bits per heavy atom. The quantitative estimate of drug-likeness (QED) is 0.506. The van der Waals surface area contributed by atoms with Gasteiger partial charge < -0.3 is 28.7 Å². The Hall–Kier alpha value is -2.48. The molecule has 2 amide bonds. The van der Waals surface area contributed by atoms with Crippen LogP contribution in [0.5, 0.6) is 11.5 Å². The van der Waals surface area contributed by atoms with E-state index in [1.54, 1.807) is 37.3 Å². The molecule has 33 heavy (non-hydrogen) atoms. The van der Waals surface area contributed by atoms with Crippen molar-refractivity contribution in [2.75, 3.05) is 40.5 Å². The van der Waals surface area contributed by atoms with E-state index < -0.39 is 5.60 Å². The summed E-state index contributed by atoms with van der Waals surface area (Å²) in [5.41, 5.74) is -0.0269. The molecule has 0 N–H and O–H groups in total. The van der Waals surface area contributed by atoms with Gasteiger partial charge in [-0.2, -0.15) is 0 Å². The highest BCUT2D eigenvalue weighted by Gasteiger charge is 2.34. The van der Waals surface area contributed by atoms with Crippen LogP contribution in [0.3, 0.4) is 0 Å². The average Bonchev–Trinajstić information content (AvgIpc) is 2.75. The highest BCUT2D eigenvalue weighted by molar-refractivity contribution is 5.95. The second-order valence-electron chi connectivity index (χ2n) is 9.59. The molecular weight excluding hydrogens is 424 g/mol. The SMILES string of the molecule is COCCCOc1cc(C(=O)N(C(C)C)C2CCCN(C(=O)OC(C)(C)C)C2)ccc1OC. The molecule has 1 aliphatic rings. The van der Waals surface area contributed by atoms with Crippen LogP contribution in [-0.4, -0.2) is 80.0 Å². The van der Waals surface area contributed by atoms with Gasteiger partial charge in [0, 0.05) is 44.8 Å². The van der Waals surface area contributed by atoms with Crippen LogP contribution in [0.15, 0.2) is 18.2 Å². The molecule has 8 nitrogen and oxygen atoms in total. The molecule has 1 aromatic rings. The zero-order chi connectivity index (χ0) is 24.6. The first-order chi connectivity index (χ1) is 15.6. The van der Waals surface area contributed by atoms with Crippen LogP contribution < -0.4 is 9.47 Å². The second-order valence-corrected chi connectivity index (χ2v) is 9.59. The number of ether oxygens (including phenoxy) is 4. The van der Waals surface area contributed by atoms with E-state index in [0.29, 0.717) is 43.4 Å². The van der Waals surface area contributed by atoms with E-state index in [-0.39, 0.29) is 24.1 Å². The first-order valence-electron chi connectivity index (χ1n) is 11.7. The summed E-state index contributed by atoms with van der Waals surface area (Å²) in [4.78, 5) is 29.8. The number of hydrogen-bond acceptors (Lipinski definition) is 6. The van der Waals surface area contributed by atoms with Gasteiger partial charge in [0.15, 0.2) is 11.5 Å². The van der Waals surface area contributed by atoms with Crippen molar-refractivity contribution in [1.82, 2.24) is 9.80 Å². The van der Waals surface area contributed by atoms with E-state index in [1.165, 1.54) is 0 Å². The first-order valence-corrected chi connectivity index (χ1v) is 11.7. The lowest BCUT2D eigenvalue weighted by atomic mass is 10.0. The summed E-state index contributed by atoms with van der Waals surface area (Å²) in [5.74, 6) is 1.02. The third-order valence-electron chi connectivity index (χ3n) is 5.39. The molecule has 1 saturated heterocycles. The number of amides is 2. The van der Waals surface area contributed by atoms with E-state index >= 15 is 0 Å². The van der Waals surface area contributed by atoms with Crippen LogP contribution in [0.1, 0.15) is 64.2 Å². The minimum atomic E-state index is -0.555. The number of rotatable bonds is 9. The van der Waals surface area contributed by atoms with Crippen molar-refractivity contribution >= 4 is 12.0 Å². The molecule has 1 fully saturated rings. The molecule has 0 aromatic heterocycles. The summed E-state index contributed by atoms with van der Waals surface area (Å²) in [6.07, 6.45) is 2.05. The van der Waals surface area contributed by atoms with Crippen molar-refractivity contribution in [2.45, 2.75) is 71.6 Å². The smallest absolute Gasteiger partial charge is 0.410 e. The summed E-state index contributed by atoms with van der Waals surface area (Å²) >= 11 is 0. The van der Waals surface area contributed by atoms with Crippen LogP contribution >= 0.6 is 0 Å². The van der Waals surface area contributed by atoms with Gasteiger partial charge in [0.2, 0.25) is 0 Å². The molecule has 2 rings (SSSR count). The van der Waals surface area contributed by atoms with Crippen molar-refractivity contribution in [2.24, 2.45) is 0 Å². The lowest BCUT2D eigenvalue weighted by Crippen LogP contribution is -2.54. The third kappa shape index (κ3) is 7.81. The summed E-state index contributed by atoms with van der Waals surface area (Å²) < 4.78 is 21.9. The number of hydrogen-bond donors (Lipinski definition) is 0. The molecule has 0 saturated carbocycles. The van der Waals surface area contributed by atoms with Gasteiger partial charge in [-0.3, -0.25) is 4.79 Å². The zero-order valence-electron chi connectivity index (χ0n) is 21.2. The molecule has 1 heterocycles. The molecule has 186 valence electrons. The standard InChI is InChI=1S/C25H40N2O6/c1-18(2)27(20-10-8-13-26(17-20)24(29)33-25(3,4)5)23(28)19-11-12-21(31-7)22(16-19)32-15-9-14-30-6/h11-12,16,18,20H,8-10,13-15,17H2,1-7H3. The lowest BCUT2D eigenvalue weighted by molar-refractivity contribution is 0.00752. The summed E-state index contributed by atoms with van der Waals surface area (Å²) in [7, 11) is 3.22. The molecule has 1 aliphatic heterocycles. The lowest BCUT2D eigenvalue weighted by Gasteiger charge is -2.41. The van der Waals surface area contributed by atoms with E-state index in [1.807, 2.05) is 39.5 Å². The number of benzene rings is 1. The Morgan fingerprint density at radius 2 is 1.88 bits per heavy atom. The van der Waals surface area contributed by atoms with Gasteiger partial charge in [0.25, 0.3) is 5.91 Å². The molecule has 8 heteroatoms. The van der Waals surface area contributed by atoms with Gasteiger partial charge in [-0.15, -0.1) is 0 Å². The van der Waals surface area contributed by atoms with Crippen LogP contribution in [0.4, 0.5) is 4.79 Å². The highest BCUT2D eigenvalue weighted by Crippen LogP contribution is 2.30. The number of carbonyl (C=O) groups is 2. The molecule has 0 radical (unpaired) electrons. The molecule has 0 bridgehead atoms. The van der Waals surface area contributed by atoms with Crippen LogP contribution in [0.2, 0.25) is 0 Å². The fraction of sp³-hybridized carbons (Fsp3) is 0.680. The number of nitrogens with zero attached hydrogens (tertiary/aromatic N) is 2. The molecule has 1 unspecified atom stereocenters. The summed E-state index contributed by atoms with van der Waals surface area (Å²) in [6, 6.07) is 5.12. The minimum Gasteiger partial charge on any atom is -0.493 e. The van der Waals surface area contributed by atoms with E-state index in [2.05, 4.69) is 0 Å². The minimum absolute atomic E-state index is 0.0331. The van der Waals surface area contributed by atoms with E-state index in [9.17, 15) is 9.59 Å². The maximum absolute atomic E-state index is 13.6. The highest BCUT2D eigenvalue weighted by atomic mass is 16.6. The van der Waals surface area contributed by atoms with Crippen molar-refractivity contribution in [3.05, 3.63) is 23.8 Å². The predicted molar refractivity (Wildman–Crippen MR) is 127 cm³/mol. The Labute approximate surface area is 198 Å². The fourth-order valence-corrected chi connectivity index (χ4v) is 3.95. The van der Waals surface area contributed by atoms with E-state index in [0.717, 1.165) is 19.3 Å². The van der Waals surface area contributed by atoms with Crippen molar-refractivity contribution in [1.29, 1.82) is 0 Å². The molecule has 0 spiro atoms. The van der Waals surface area contributed by atoms with Crippen LogP contribution in [0, 0.1) is 0 Å². The fourth-order valence-electron chi connectivity index (χ4n) is 3.95. The van der Waals surface area contributed by atoms with E-state index in [4.69, 9.17) is 18.9 Å². The van der Waals surface area contributed by atoms with Crippen molar-refractivity contribution in [3.63, 3.8) is 0 Å². The summed E-state index contributed by atoms with van der Waals surface area (Å²) in [5, 5.41) is 0. The zero-order valence-corrected chi connectivity index (χ0v) is 21.2. The largest absolute Gasteiger partial charge is 0.493 e. The monoisotopic (exact) mass is 464 g/mol. The molecular formula is C25H40N2O6. The number of likely N-dealkylation sites (tertiary alicyclic amines) is 1. The van der Waals surface area contributed by atoms with Crippen molar-refractivity contribution < 1.29 is 28.5 Å². The van der Waals surface area contributed by atoms with Gasteiger partial charge in [-0.25, -0.2) is 4.79 Å². The Kier molecular flexibility index (Phi) is 9.83. The van der Waals surface area contributed by atoms with Gasteiger partial charge in [-0.1, -0.05) is 0 Å². The normalized spacial score (nSPS) is 16.5. The van der Waals surface area contributed by atoms with Gasteiger partial charge in [0.1, 0.15) is 5.60 Å². The number of piperidine rings is 1. The predicted octanol–water partition coefficient (Wildman–Crippen LogP) is 4.36. The first kappa shape index (κ1) is 26.8. The topological polar surface area (TPSA) is 77.5 Å². The van der Waals surface area contributed by atoms with Gasteiger partial charge >= 0.3 is 6.09 Å². The molecule has 1 aromatic carbocycles. The van der Waals surface area contributed by atoms with Gasteiger partial charge in [0.05, 0.1) is 19.8 Å². The maximum Gasteiger partial charge on any atom is 0.410 e. The second kappa shape index (κ2) is 12.1. The number of methoxy groups -OCH3 is 2. The molecule has 0 aliphatic carbocycles. The maximum atomic E-state index is 13.6. The van der Waals surface area contributed by atoms with Crippen LogP contribution in [-0.2, 0) is 9.47 Å². The third-order valence-corrected chi connectivity index (χ3v) is 5.39. The summed E-state index contributed by atoms with van der Waals surface area (Å²) in [6.45, 7) is 11.7. The molecule has 1 atom stereocenters. The van der Waals surface area contributed by atoms with Gasteiger partial charge in [-0.05, 0) is 65.7 Å². The Balaban J connectivity index is 2.19. The number of carbonyl (C=O) groups excluding carboxylic acids is 2. The Morgan fingerprint density at radius 3 is 2.48 bits per heavy atom. The van der Waals surface area contributed by atoms with Crippen LogP contribution in [0.25, 0.3) is 0 Å². The Bertz CT molecular complexity index is 790. The average molecular weight is 465 g/mol. The van der Waals surface area contributed by atoms with Crippen molar-refractivity contribution in [3.8, 4) is 11.5 Å².